The Morgan fingerprint density at radius 1 is 1.29 bits per heavy atom. The average Bonchev–Trinajstić information content (AvgIpc) is 2.37. The molecular weight excluding hydrogens is 289 g/mol. The maximum Gasteiger partial charge on any atom is 0.389 e. The van der Waals surface area contributed by atoms with Crippen LogP contribution >= 0.6 is 0 Å². The zero-order valence-corrected chi connectivity index (χ0v) is 11.6. The number of anilines is 1. The molecule has 0 aliphatic carbocycles. The van der Waals surface area contributed by atoms with Gasteiger partial charge < -0.3 is 10.1 Å². The molecule has 0 amide bonds. The minimum absolute atomic E-state index is 0.0176. The molecule has 1 aromatic carbocycles. The summed E-state index contributed by atoms with van der Waals surface area (Å²) in [5.41, 5.74) is 0.332. The zero-order chi connectivity index (χ0) is 15.9. The minimum atomic E-state index is -4.15. The highest BCUT2D eigenvalue weighted by atomic mass is 19.4. The van der Waals surface area contributed by atoms with Crippen molar-refractivity contribution in [3.05, 3.63) is 28.3 Å². The molecule has 0 aliphatic heterocycles. The Hall–Kier alpha value is -1.99. The van der Waals surface area contributed by atoms with Gasteiger partial charge in [-0.25, -0.2) is 0 Å². The lowest BCUT2D eigenvalue weighted by molar-refractivity contribution is -0.384. The number of hydrogen-bond acceptors (Lipinski definition) is 4. The molecule has 1 aromatic rings. The number of ether oxygens (including phenoxy) is 1. The van der Waals surface area contributed by atoms with Crippen LogP contribution in [-0.2, 0) is 0 Å². The Morgan fingerprint density at radius 2 is 2.00 bits per heavy atom. The van der Waals surface area contributed by atoms with E-state index in [-0.39, 0.29) is 12.1 Å². The fourth-order valence-corrected chi connectivity index (χ4v) is 1.72. The fraction of sp³-hybridized carbons (Fsp3) is 0.538. The van der Waals surface area contributed by atoms with Crippen LogP contribution in [0.2, 0.25) is 0 Å². The van der Waals surface area contributed by atoms with Gasteiger partial charge in [-0.15, -0.1) is 0 Å². The summed E-state index contributed by atoms with van der Waals surface area (Å²) in [5.74, 6) is 0.351. The van der Waals surface area contributed by atoms with E-state index in [1.54, 1.807) is 13.0 Å². The topological polar surface area (TPSA) is 64.4 Å². The molecule has 0 fully saturated rings. The normalized spacial score (nSPS) is 11.2. The van der Waals surface area contributed by atoms with Gasteiger partial charge in [-0.3, -0.25) is 10.1 Å². The Labute approximate surface area is 120 Å². The third kappa shape index (κ3) is 6.82. The molecule has 0 bridgehead atoms. The van der Waals surface area contributed by atoms with E-state index in [1.165, 1.54) is 12.1 Å². The molecular formula is C13H17F3N2O3. The van der Waals surface area contributed by atoms with Gasteiger partial charge in [0, 0.05) is 30.8 Å². The van der Waals surface area contributed by atoms with E-state index in [0.29, 0.717) is 31.0 Å². The van der Waals surface area contributed by atoms with Crippen molar-refractivity contribution in [2.75, 3.05) is 18.5 Å². The number of rotatable bonds is 8. The van der Waals surface area contributed by atoms with Crippen molar-refractivity contribution in [3.8, 4) is 5.75 Å². The Kier molecular flexibility index (Phi) is 6.26. The van der Waals surface area contributed by atoms with Gasteiger partial charge in [0.15, 0.2) is 0 Å². The van der Waals surface area contributed by atoms with Crippen LogP contribution in [0.25, 0.3) is 0 Å². The molecule has 5 nitrogen and oxygen atoms in total. The molecule has 0 heterocycles. The van der Waals surface area contributed by atoms with E-state index in [9.17, 15) is 23.3 Å². The molecule has 0 aliphatic rings. The smallest absolute Gasteiger partial charge is 0.389 e. The standard InChI is InChI=1S/C13H17F3N2O3/c1-2-21-12-8-10(7-11(9-12)18(19)20)17-6-4-3-5-13(14,15)16/h7-9,17H,2-6H2,1H3. The lowest BCUT2D eigenvalue weighted by Crippen LogP contribution is -2.09. The van der Waals surface area contributed by atoms with Crippen LogP contribution in [0.15, 0.2) is 18.2 Å². The van der Waals surface area contributed by atoms with Crippen molar-refractivity contribution in [1.82, 2.24) is 0 Å². The summed E-state index contributed by atoms with van der Waals surface area (Å²) in [4.78, 5) is 10.2. The minimum Gasteiger partial charge on any atom is -0.494 e. The zero-order valence-electron chi connectivity index (χ0n) is 11.6. The Balaban J connectivity index is 2.55. The van der Waals surface area contributed by atoms with Crippen molar-refractivity contribution in [1.29, 1.82) is 0 Å². The second-order valence-corrected chi connectivity index (χ2v) is 4.40. The van der Waals surface area contributed by atoms with Crippen molar-refractivity contribution < 1.29 is 22.8 Å². The van der Waals surface area contributed by atoms with E-state index in [2.05, 4.69) is 5.32 Å². The largest absolute Gasteiger partial charge is 0.494 e. The molecule has 21 heavy (non-hydrogen) atoms. The first-order valence-electron chi connectivity index (χ1n) is 6.54. The molecule has 118 valence electrons. The number of nitro benzene ring substituents is 1. The van der Waals surface area contributed by atoms with Crippen LogP contribution in [0, 0.1) is 10.1 Å². The van der Waals surface area contributed by atoms with Crippen molar-refractivity contribution in [2.24, 2.45) is 0 Å². The van der Waals surface area contributed by atoms with Crippen LogP contribution in [-0.4, -0.2) is 24.3 Å². The van der Waals surface area contributed by atoms with E-state index >= 15 is 0 Å². The maximum absolute atomic E-state index is 12.0. The molecule has 8 heteroatoms. The van der Waals surface area contributed by atoms with Gasteiger partial charge in [0.05, 0.1) is 17.6 Å². The van der Waals surface area contributed by atoms with Crippen LogP contribution in [0.5, 0.6) is 5.75 Å². The van der Waals surface area contributed by atoms with Crippen LogP contribution < -0.4 is 10.1 Å². The Morgan fingerprint density at radius 3 is 2.57 bits per heavy atom. The number of nitrogens with one attached hydrogen (secondary N) is 1. The molecule has 0 radical (unpaired) electrons. The van der Waals surface area contributed by atoms with Crippen molar-refractivity contribution in [2.45, 2.75) is 32.4 Å². The van der Waals surface area contributed by atoms with Gasteiger partial charge in [0.1, 0.15) is 5.75 Å². The molecule has 0 unspecified atom stereocenters. The highest BCUT2D eigenvalue weighted by molar-refractivity contribution is 5.56. The number of alkyl halides is 3. The number of benzene rings is 1. The molecule has 0 saturated carbocycles. The summed E-state index contributed by atoms with van der Waals surface area (Å²) < 4.78 is 41.1. The number of non-ortho nitro benzene ring substituents is 1. The monoisotopic (exact) mass is 306 g/mol. The number of unbranched alkanes of at least 4 members (excludes halogenated alkanes) is 1. The first kappa shape index (κ1) is 17.1. The third-order valence-electron chi connectivity index (χ3n) is 2.63. The van der Waals surface area contributed by atoms with Crippen LogP contribution in [0.1, 0.15) is 26.2 Å². The second kappa shape index (κ2) is 7.70. The molecule has 1 N–H and O–H groups in total. The summed E-state index contributed by atoms with van der Waals surface area (Å²) >= 11 is 0. The quantitative estimate of drug-likeness (QED) is 0.445. The lowest BCUT2D eigenvalue weighted by Gasteiger charge is -2.10. The molecule has 1 rings (SSSR count). The molecule has 0 aromatic heterocycles. The highest BCUT2D eigenvalue weighted by Crippen LogP contribution is 2.26. The van der Waals surface area contributed by atoms with Crippen LogP contribution in [0.4, 0.5) is 24.5 Å². The molecule has 0 saturated heterocycles. The van der Waals surface area contributed by atoms with Crippen molar-refractivity contribution >= 4 is 11.4 Å². The number of nitrogens with zero attached hydrogens (tertiary/aromatic N) is 1. The van der Waals surface area contributed by atoms with E-state index in [4.69, 9.17) is 4.74 Å². The number of nitro groups is 1. The average molecular weight is 306 g/mol. The van der Waals surface area contributed by atoms with Gasteiger partial charge >= 0.3 is 6.18 Å². The summed E-state index contributed by atoms with van der Waals surface area (Å²) in [6, 6.07) is 4.21. The van der Waals surface area contributed by atoms with Gasteiger partial charge in [0.25, 0.3) is 5.69 Å². The predicted octanol–water partition coefficient (Wildman–Crippen LogP) is 4.14. The van der Waals surface area contributed by atoms with E-state index in [0.717, 1.165) is 0 Å². The van der Waals surface area contributed by atoms with Gasteiger partial charge in [0.2, 0.25) is 0 Å². The summed E-state index contributed by atoms with van der Waals surface area (Å²) in [6.07, 6.45) is -4.63. The van der Waals surface area contributed by atoms with E-state index in [1.807, 2.05) is 0 Å². The predicted molar refractivity (Wildman–Crippen MR) is 72.7 cm³/mol. The van der Waals surface area contributed by atoms with Crippen LogP contribution in [0.3, 0.4) is 0 Å². The highest BCUT2D eigenvalue weighted by Gasteiger charge is 2.25. The van der Waals surface area contributed by atoms with Gasteiger partial charge in [-0.2, -0.15) is 13.2 Å². The Bertz CT molecular complexity index is 478. The summed E-state index contributed by atoms with van der Waals surface area (Å²) in [6.45, 7) is 2.43. The van der Waals surface area contributed by atoms with Gasteiger partial charge in [-0.1, -0.05) is 0 Å². The molecule has 0 atom stereocenters. The summed E-state index contributed by atoms with van der Waals surface area (Å²) in [5, 5.41) is 13.7. The SMILES string of the molecule is CCOc1cc(NCCCCC(F)(F)F)cc([N+](=O)[O-])c1. The second-order valence-electron chi connectivity index (χ2n) is 4.40. The van der Waals surface area contributed by atoms with Crippen molar-refractivity contribution in [3.63, 3.8) is 0 Å². The first-order valence-corrected chi connectivity index (χ1v) is 6.54. The number of halogens is 3. The third-order valence-corrected chi connectivity index (χ3v) is 2.63. The summed E-state index contributed by atoms with van der Waals surface area (Å²) in [7, 11) is 0. The molecule has 0 spiro atoms. The maximum atomic E-state index is 12.0. The lowest BCUT2D eigenvalue weighted by atomic mass is 10.2. The van der Waals surface area contributed by atoms with Gasteiger partial charge in [-0.05, 0) is 19.8 Å². The first-order chi connectivity index (χ1) is 9.81. The number of hydrogen-bond donors (Lipinski definition) is 1. The fourth-order valence-electron chi connectivity index (χ4n) is 1.72. The van der Waals surface area contributed by atoms with E-state index < -0.39 is 17.5 Å².